The number of aromatic nitrogens is 3. The van der Waals surface area contributed by atoms with Gasteiger partial charge in [0.1, 0.15) is 5.82 Å². The summed E-state index contributed by atoms with van der Waals surface area (Å²) in [4.78, 5) is 26.4. The van der Waals surface area contributed by atoms with Crippen molar-refractivity contribution in [3.05, 3.63) is 42.1 Å². The maximum atomic E-state index is 12.1. The average Bonchev–Trinajstić information content (AvgIpc) is 2.94. The number of anilines is 1. The molecule has 24 heavy (non-hydrogen) atoms. The highest BCUT2D eigenvalue weighted by Crippen LogP contribution is 2.29. The number of Topliss-reactive ketones (excluding diaryl/α,β-unsaturated/α-hetero) is 1. The molecule has 3 aromatic rings. The number of nitrogens with one attached hydrogen (secondary N) is 2. The Morgan fingerprint density at radius 1 is 1.25 bits per heavy atom. The van der Waals surface area contributed by atoms with Crippen molar-refractivity contribution < 1.29 is 4.79 Å². The lowest BCUT2D eigenvalue weighted by Crippen LogP contribution is -2.21. The molecule has 1 aromatic carbocycles. The van der Waals surface area contributed by atoms with Crippen molar-refractivity contribution in [2.45, 2.75) is 6.92 Å². The van der Waals surface area contributed by atoms with Crippen LogP contribution in [0.2, 0.25) is 0 Å². The number of ketones is 1. The third kappa shape index (κ3) is 3.28. The molecule has 6 nitrogen and oxygen atoms in total. The first-order valence-electron chi connectivity index (χ1n) is 7.90. The highest BCUT2D eigenvalue weighted by atomic mass is 16.1. The van der Waals surface area contributed by atoms with E-state index in [0.29, 0.717) is 17.1 Å². The Morgan fingerprint density at radius 2 is 2.04 bits per heavy atom. The van der Waals surface area contributed by atoms with E-state index in [1.807, 2.05) is 44.4 Å². The Hall–Kier alpha value is -2.73. The second kappa shape index (κ2) is 6.80. The van der Waals surface area contributed by atoms with Crippen LogP contribution in [0, 0.1) is 0 Å². The topological polar surface area (TPSA) is 73.9 Å². The van der Waals surface area contributed by atoms with Crippen LogP contribution < -0.4 is 5.32 Å². The van der Waals surface area contributed by atoms with E-state index in [2.05, 4.69) is 25.2 Å². The predicted octanol–water partition coefficient (Wildman–Crippen LogP) is 2.80. The summed E-state index contributed by atoms with van der Waals surface area (Å²) < 4.78 is 0. The van der Waals surface area contributed by atoms with Crippen molar-refractivity contribution in [2.24, 2.45) is 0 Å². The second-order valence-corrected chi connectivity index (χ2v) is 5.97. The monoisotopic (exact) mass is 323 g/mol. The van der Waals surface area contributed by atoms with Crippen LogP contribution in [0.25, 0.3) is 22.4 Å². The lowest BCUT2D eigenvalue weighted by molar-refractivity contribution is 0.102. The number of benzene rings is 1. The van der Waals surface area contributed by atoms with Crippen molar-refractivity contribution in [3.8, 4) is 11.5 Å². The normalized spacial score (nSPS) is 11.2. The molecule has 2 heterocycles. The lowest BCUT2D eigenvalue weighted by Gasteiger charge is -2.11. The zero-order valence-electron chi connectivity index (χ0n) is 14.1. The fourth-order valence-electron chi connectivity index (χ4n) is 2.66. The first-order chi connectivity index (χ1) is 11.6. The molecule has 0 radical (unpaired) electrons. The first-order valence-corrected chi connectivity index (χ1v) is 7.90. The number of carbonyl (C=O) groups excluding carboxylic acids is 1. The van der Waals surface area contributed by atoms with Gasteiger partial charge in [-0.25, -0.2) is 9.97 Å². The van der Waals surface area contributed by atoms with Gasteiger partial charge in [0.25, 0.3) is 0 Å². The molecule has 0 amide bonds. The van der Waals surface area contributed by atoms with Gasteiger partial charge < -0.3 is 15.2 Å². The molecule has 0 spiro atoms. The summed E-state index contributed by atoms with van der Waals surface area (Å²) in [5.41, 5.74) is 2.21. The van der Waals surface area contributed by atoms with Gasteiger partial charge >= 0.3 is 0 Å². The van der Waals surface area contributed by atoms with E-state index in [1.54, 1.807) is 13.1 Å². The highest BCUT2D eigenvalue weighted by molar-refractivity contribution is 6.11. The van der Waals surface area contributed by atoms with Crippen LogP contribution in [0.4, 0.5) is 5.82 Å². The summed E-state index contributed by atoms with van der Waals surface area (Å²) in [5.74, 6) is 1.26. The number of hydrogen-bond acceptors (Lipinski definition) is 5. The zero-order chi connectivity index (χ0) is 17.1. The van der Waals surface area contributed by atoms with Gasteiger partial charge in [-0.3, -0.25) is 4.79 Å². The number of fused-ring (bicyclic) bond motifs is 1. The van der Waals surface area contributed by atoms with Crippen LogP contribution in [0.3, 0.4) is 0 Å². The summed E-state index contributed by atoms with van der Waals surface area (Å²) in [5, 5.41) is 4.17. The molecular formula is C18H21N5O. The third-order valence-electron chi connectivity index (χ3n) is 3.80. The number of rotatable bonds is 6. The summed E-state index contributed by atoms with van der Waals surface area (Å²) in [7, 11) is 4.05. The average molecular weight is 323 g/mol. The van der Waals surface area contributed by atoms with Crippen molar-refractivity contribution in [1.82, 2.24) is 19.9 Å². The molecule has 0 saturated heterocycles. The maximum absolute atomic E-state index is 12.1. The summed E-state index contributed by atoms with van der Waals surface area (Å²) >= 11 is 0. The van der Waals surface area contributed by atoms with Gasteiger partial charge in [-0.15, -0.1) is 0 Å². The van der Waals surface area contributed by atoms with E-state index < -0.39 is 0 Å². The molecule has 0 bridgehead atoms. The standard InChI is InChI=1S/C18H21N5O/c1-12(24)16-13-6-4-5-7-14(13)21-17(16)18-20-9-8-15(22-18)19-10-11-23(2)3/h4-9,21H,10-11H2,1-3H3,(H,19,20,22). The zero-order valence-corrected chi connectivity index (χ0v) is 14.1. The van der Waals surface area contributed by atoms with Crippen LogP contribution in [0.1, 0.15) is 17.3 Å². The molecule has 3 rings (SSSR count). The molecule has 2 N–H and O–H groups in total. The lowest BCUT2D eigenvalue weighted by atomic mass is 10.1. The van der Waals surface area contributed by atoms with E-state index >= 15 is 0 Å². The largest absolute Gasteiger partial charge is 0.369 e. The van der Waals surface area contributed by atoms with Crippen LogP contribution in [0.15, 0.2) is 36.5 Å². The van der Waals surface area contributed by atoms with E-state index in [4.69, 9.17) is 0 Å². The fraction of sp³-hybridized carbons (Fsp3) is 0.278. The van der Waals surface area contributed by atoms with Crippen LogP contribution >= 0.6 is 0 Å². The molecule has 0 atom stereocenters. The number of likely N-dealkylation sites (N-methyl/N-ethyl adjacent to an activating group) is 1. The number of aromatic amines is 1. The molecule has 0 aliphatic heterocycles. The molecule has 6 heteroatoms. The number of H-pyrrole nitrogens is 1. The van der Waals surface area contributed by atoms with Crippen LogP contribution in [-0.4, -0.2) is 52.8 Å². The Morgan fingerprint density at radius 3 is 2.79 bits per heavy atom. The quantitative estimate of drug-likeness (QED) is 0.682. The van der Waals surface area contributed by atoms with E-state index in [-0.39, 0.29) is 5.78 Å². The Bertz CT molecular complexity index is 869. The van der Waals surface area contributed by atoms with Gasteiger partial charge in [-0.05, 0) is 33.2 Å². The minimum absolute atomic E-state index is 0.00276. The SMILES string of the molecule is CC(=O)c1c(-c2nccc(NCCN(C)C)n2)[nH]c2ccccc12. The molecular weight excluding hydrogens is 302 g/mol. The minimum Gasteiger partial charge on any atom is -0.369 e. The maximum Gasteiger partial charge on any atom is 0.178 e. The number of hydrogen-bond donors (Lipinski definition) is 2. The second-order valence-electron chi connectivity index (χ2n) is 5.97. The molecule has 124 valence electrons. The Balaban J connectivity index is 1.98. The molecule has 0 fully saturated rings. The minimum atomic E-state index is -0.00276. The first kappa shape index (κ1) is 16.1. The van der Waals surface area contributed by atoms with E-state index in [9.17, 15) is 4.79 Å². The third-order valence-corrected chi connectivity index (χ3v) is 3.80. The van der Waals surface area contributed by atoms with Crippen molar-refractivity contribution in [1.29, 1.82) is 0 Å². The predicted molar refractivity (Wildman–Crippen MR) is 96.4 cm³/mol. The summed E-state index contributed by atoms with van der Waals surface area (Å²) in [6.45, 7) is 3.26. The van der Waals surface area contributed by atoms with Gasteiger partial charge in [-0.2, -0.15) is 0 Å². The smallest absolute Gasteiger partial charge is 0.178 e. The Labute approximate surface area is 140 Å². The van der Waals surface area contributed by atoms with Crippen LogP contribution in [0.5, 0.6) is 0 Å². The van der Waals surface area contributed by atoms with Crippen molar-refractivity contribution >= 4 is 22.5 Å². The van der Waals surface area contributed by atoms with Gasteiger partial charge in [0.15, 0.2) is 11.6 Å². The number of carbonyl (C=O) groups is 1. The molecule has 2 aromatic heterocycles. The van der Waals surface area contributed by atoms with Crippen molar-refractivity contribution in [3.63, 3.8) is 0 Å². The van der Waals surface area contributed by atoms with Gasteiger partial charge in [0.05, 0.1) is 11.3 Å². The summed E-state index contributed by atoms with van der Waals surface area (Å²) in [6.07, 6.45) is 1.70. The highest BCUT2D eigenvalue weighted by Gasteiger charge is 2.18. The van der Waals surface area contributed by atoms with Gasteiger partial charge in [0, 0.05) is 30.2 Å². The molecule has 0 unspecified atom stereocenters. The van der Waals surface area contributed by atoms with E-state index in [1.165, 1.54) is 0 Å². The number of para-hydroxylation sites is 1. The van der Waals surface area contributed by atoms with Crippen molar-refractivity contribution in [2.75, 3.05) is 32.5 Å². The summed E-state index contributed by atoms with van der Waals surface area (Å²) in [6, 6.07) is 9.57. The van der Waals surface area contributed by atoms with Gasteiger partial charge in [0.2, 0.25) is 0 Å². The molecule has 0 aliphatic carbocycles. The van der Waals surface area contributed by atoms with Crippen LogP contribution in [-0.2, 0) is 0 Å². The molecule has 0 saturated carbocycles. The fourth-order valence-corrected chi connectivity index (χ4v) is 2.66. The van der Waals surface area contributed by atoms with Gasteiger partial charge in [-0.1, -0.05) is 18.2 Å². The number of nitrogens with zero attached hydrogens (tertiary/aromatic N) is 3. The molecule has 0 aliphatic rings. The Kier molecular flexibility index (Phi) is 4.57. The van der Waals surface area contributed by atoms with E-state index in [0.717, 1.165) is 29.8 Å².